The lowest BCUT2D eigenvalue weighted by atomic mass is 10.1. The molecule has 2 fully saturated rings. The summed E-state index contributed by atoms with van der Waals surface area (Å²) in [6.45, 7) is 1.28. The Labute approximate surface area is 205 Å². The van der Waals surface area contributed by atoms with Gasteiger partial charge in [-0.1, -0.05) is 17.7 Å². The number of anilines is 1. The number of H-pyrrole nitrogens is 1. The van der Waals surface area contributed by atoms with Gasteiger partial charge in [-0.15, -0.1) is 0 Å². The lowest BCUT2D eigenvalue weighted by Gasteiger charge is -2.29. The molecule has 0 radical (unpaired) electrons. The second kappa shape index (κ2) is 8.25. The quantitative estimate of drug-likeness (QED) is 0.439. The average Bonchev–Trinajstić information content (AvgIpc) is 3.58. The molecule has 0 aliphatic carbocycles. The van der Waals surface area contributed by atoms with Crippen molar-refractivity contribution >= 4 is 49.5 Å². The van der Waals surface area contributed by atoms with E-state index in [9.17, 15) is 13.2 Å². The molecule has 2 aliphatic heterocycles. The van der Waals surface area contributed by atoms with E-state index in [1.54, 1.807) is 29.1 Å². The monoisotopic (exact) mass is 514 g/mol. The lowest BCUT2D eigenvalue weighted by molar-refractivity contribution is 0.432. The number of imidazole rings is 1. The molecule has 3 aromatic heterocycles. The number of nitrogens with zero attached hydrogens (tertiary/aromatic N) is 7. The largest absolute Gasteiger partial charge is 0.344 e. The van der Waals surface area contributed by atoms with Gasteiger partial charge in [-0.2, -0.15) is 0 Å². The SMILES string of the molecule is CS(=O)(=O)N1CC[C@H](n2c([C@@H]3CCCN3c3ncnc4[nH]cnc34)nc3cccc(Cl)c3c2=O)C1. The van der Waals surface area contributed by atoms with Crippen LogP contribution in [0.5, 0.6) is 0 Å². The number of sulfonamides is 1. The summed E-state index contributed by atoms with van der Waals surface area (Å²) in [7, 11) is -3.38. The molecular formula is C22H23ClN8O3S. The van der Waals surface area contributed by atoms with Crippen LogP contribution in [0, 0.1) is 0 Å². The van der Waals surface area contributed by atoms with Crippen molar-refractivity contribution in [2.24, 2.45) is 0 Å². The van der Waals surface area contributed by atoms with Crippen LogP contribution >= 0.6 is 11.6 Å². The zero-order valence-corrected chi connectivity index (χ0v) is 20.5. The van der Waals surface area contributed by atoms with Gasteiger partial charge in [0.25, 0.3) is 5.56 Å². The predicted octanol–water partition coefficient (Wildman–Crippen LogP) is 2.26. The molecular weight excluding hydrogens is 492 g/mol. The first-order chi connectivity index (χ1) is 16.8. The van der Waals surface area contributed by atoms with Crippen LogP contribution in [0.4, 0.5) is 5.82 Å². The maximum atomic E-state index is 13.9. The Morgan fingerprint density at radius 2 is 2.00 bits per heavy atom. The number of aromatic nitrogens is 6. The third-order valence-electron chi connectivity index (χ3n) is 6.89. The van der Waals surface area contributed by atoms with Crippen LogP contribution in [-0.2, 0) is 10.0 Å². The minimum Gasteiger partial charge on any atom is -0.344 e. The highest BCUT2D eigenvalue weighted by Crippen LogP contribution is 2.38. The van der Waals surface area contributed by atoms with Gasteiger partial charge in [0, 0.05) is 19.6 Å². The van der Waals surface area contributed by atoms with Crippen molar-refractivity contribution in [3.63, 3.8) is 0 Å². The molecule has 11 nitrogen and oxygen atoms in total. The third kappa shape index (κ3) is 3.67. The Morgan fingerprint density at radius 1 is 1.14 bits per heavy atom. The molecule has 5 heterocycles. The van der Waals surface area contributed by atoms with Crippen molar-refractivity contribution in [1.29, 1.82) is 0 Å². The van der Waals surface area contributed by atoms with Crippen LogP contribution < -0.4 is 10.5 Å². The van der Waals surface area contributed by atoms with Crippen LogP contribution in [0.15, 0.2) is 35.6 Å². The molecule has 2 atom stereocenters. The van der Waals surface area contributed by atoms with Gasteiger partial charge in [-0.3, -0.25) is 9.36 Å². The number of hydrogen-bond acceptors (Lipinski definition) is 8. The van der Waals surface area contributed by atoms with Gasteiger partial charge in [0.2, 0.25) is 10.0 Å². The number of fused-ring (bicyclic) bond motifs is 2. The van der Waals surface area contributed by atoms with Crippen LogP contribution in [0.2, 0.25) is 5.02 Å². The summed E-state index contributed by atoms with van der Waals surface area (Å²) in [6.07, 6.45) is 6.42. The minimum atomic E-state index is -3.38. The van der Waals surface area contributed by atoms with Crippen molar-refractivity contribution in [3.8, 4) is 0 Å². The van der Waals surface area contributed by atoms with E-state index in [1.165, 1.54) is 16.9 Å². The molecule has 1 aromatic carbocycles. The fourth-order valence-corrected chi connectivity index (χ4v) is 6.41. The van der Waals surface area contributed by atoms with E-state index < -0.39 is 10.0 Å². The average molecular weight is 515 g/mol. The van der Waals surface area contributed by atoms with Crippen molar-refractivity contribution < 1.29 is 8.42 Å². The Kier molecular flexibility index (Phi) is 5.27. The van der Waals surface area contributed by atoms with E-state index in [0.717, 1.165) is 12.8 Å². The van der Waals surface area contributed by atoms with E-state index in [2.05, 4.69) is 24.8 Å². The zero-order chi connectivity index (χ0) is 24.3. The number of halogens is 1. The van der Waals surface area contributed by atoms with Gasteiger partial charge < -0.3 is 9.88 Å². The fraction of sp³-hybridized carbons (Fsp3) is 0.409. The number of hydrogen-bond donors (Lipinski definition) is 1. The smallest absolute Gasteiger partial charge is 0.263 e. The predicted molar refractivity (Wildman–Crippen MR) is 132 cm³/mol. The maximum absolute atomic E-state index is 13.9. The molecule has 1 N–H and O–H groups in total. The second-order valence-electron chi connectivity index (χ2n) is 8.99. The topological polar surface area (TPSA) is 130 Å². The summed E-state index contributed by atoms with van der Waals surface area (Å²) < 4.78 is 27.5. The number of rotatable bonds is 4. The molecule has 0 unspecified atom stereocenters. The van der Waals surface area contributed by atoms with Crippen LogP contribution in [0.3, 0.4) is 0 Å². The Balaban J connectivity index is 1.54. The highest BCUT2D eigenvalue weighted by Gasteiger charge is 2.37. The maximum Gasteiger partial charge on any atom is 0.263 e. The lowest BCUT2D eigenvalue weighted by Crippen LogP contribution is -2.36. The van der Waals surface area contributed by atoms with Crippen LogP contribution in [0.1, 0.15) is 37.2 Å². The van der Waals surface area contributed by atoms with E-state index in [-0.39, 0.29) is 24.2 Å². The first-order valence-corrected chi connectivity index (χ1v) is 13.6. The van der Waals surface area contributed by atoms with Crippen LogP contribution in [-0.4, -0.2) is 68.1 Å². The fourth-order valence-electron chi connectivity index (χ4n) is 5.28. The van der Waals surface area contributed by atoms with Gasteiger partial charge in [0.1, 0.15) is 17.7 Å². The number of aromatic amines is 1. The van der Waals surface area contributed by atoms with Crippen LogP contribution in [0.25, 0.3) is 22.1 Å². The third-order valence-corrected chi connectivity index (χ3v) is 8.47. The van der Waals surface area contributed by atoms with E-state index in [1.807, 2.05) is 0 Å². The molecule has 4 aromatic rings. The van der Waals surface area contributed by atoms with Crippen molar-refractivity contribution in [3.05, 3.63) is 52.1 Å². The minimum absolute atomic E-state index is 0.215. The van der Waals surface area contributed by atoms with Gasteiger partial charge in [-0.25, -0.2) is 32.7 Å². The van der Waals surface area contributed by atoms with Crippen molar-refractivity contribution in [2.75, 3.05) is 30.8 Å². The first kappa shape index (κ1) is 22.4. The molecule has 2 saturated heterocycles. The highest BCUT2D eigenvalue weighted by molar-refractivity contribution is 7.88. The van der Waals surface area contributed by atoms with Gasteiger partial charge in [0.05, 0.1) is 40.6 Å². The normalized spacial score (nSPS) is 21.5. The molecule has 35 heavy (non-hydrogen) atoms. The van der Waals surface area contributed by atoms with Gasteiger partial charge in [-0.05, 0) is 31.4 Å². The van der Waals surface area contributed by atoms with E-state index >= 15 is 0 Å². The van der Waals surface area contributed by atoms with E-state index in [0.29, 0.717) is 58.2 Å². The standard InChI is InChI=1S/C22H23ClN8O3S/c1-35(33,34)29-9-7-13(10-29)31-20(28-15-5-2-4-14(23)17(15)22(31)32)16-6-3-8-30(16)21-18-19(25-11-24-18)26-12-27-21/h2,4-5,11-13,16H,3,6-10H2,1H3,(H,24,25,26,27)/t13-,16-/m0/s1. The van der Waals surface area contributed by atoms with Gasteiger partial charge in [0.15, 0.2) is 11.5 Å². The molecule has 0 saturated carbocycles. The summed E-state index contributed by atoms with van der Waals surface area (Å²) in [5, 5.41) is 0.674. The Morgan fingerprint density at radius 3 is 2.80 bits per heavy atom. The first-order valence-electron chi connectivity index (χ1n) is 11.4. The summed E-state index contributed by atoms with van der Waals surface area (Å²) in [5.74, 6) is 1.26. The number of nitrogens with one attached hydrogen (secondary N) is 1. The Hall–Kier alpha value is -3.09. The summed E-state index contributed by atoms with van der Waals surface area (Å²) in [4.78, 5) is 37.1. The van der Waals surface area contributed by atoms with Gasteiger partial charge >= 0.3 is 0 Å². The highest BCUT2D eigenvalue weighted by atomic mass is 35.5. The molecule has 2 aliphatic rings. The molecule has 6 rings (SSSR count). The summed E-state index contributed by atoms with van der Waals surface area (Å²) >= 11 is 6.43. The van der Waals surface area contributed by atoms with Crippen molar-refractivity contribution in [1.82, 2.24) is 33.8 Å². The van der Waals surface area contributed by atoms with Crippen molar-refractivity contribution in [2.45, 2.75) is 31.3 Å². The summed E-state index contributed by atoms with van der Waals surface area (Å²) in [5.41, 5.74) is 1.55. The second-order valence-corrected chi connectivity index (χ2v) is 11.4. The zero-order valence-electron chi connectivity index (χ0n) is 18.9. The molecule has 13 heteroatoms. The molecule has 0 amide bonds. The molecule has 0 spiro atoms. The summed E-state index contributed by atoms with van der Waals surface area (Å²) in [6, 6.07) is 4.64. The Bertz CT molecular complexity index is 1620. The molecule has 182 valence electrons. The number of benzene rings is 1. The molecule has 0 bridgehead atoms. The van der Waals surface area contributed by atoms with E-state index in [4.69, 9.17) is 16.6 Å².